The fraction of sp³-hybridized carbons (Fsp3) is 0.533. The lowest BCUT2D eigenvalue weighted by molar-refractivity contribution is -0.141. The van der Waals surface area contributed by atoms with Crippen LogP contribution in [0.15, 0.2) is 24.3 Å². The van der Waals surface area contributed by atoms with Gasteiger partial charge >= 0.3 is 5.97 Å². The van der Waals surface area contributed by atoms with E-state index in [1.807, 2.05) is 0 Å². The average molecular weight is 297 g/mol. The Kier molecular flexibility index (Phi) is 5.05. The molecule has 0 saturated heterocycles. The number of methoxy groups -OCH3 is 1. The summed E-state index contributed by atoms with van der Waals surface area (Å²) in [6.45, 7) is 0. The second kappa shape index (κ2) is 6.59. The average Bonchev–Trinajstić information content (AvgIpc) is 3.19. The Morgan fingerprint density at radius 1 is 1.45 bits per heavy atom. The highest BCUT2D eigenvalue weighted by Crippen LogP contribution is 2.51. The van der Waals surface area contributed by atoms with Gasteiger partial charge in [0.2, 0.25) is 0 Å². The number of rotatable bonds is 7. The van der Waals surface area contributed by atoms with Crippen molar-refractivity contribution >= 4 is 17.7 Å². The molecule has 0 spiro atoms. The molecule has 0 heterocycles. The molecule has 1 fully saturated rings. The van der Waals surface area contributed by atoms with Crippen molar-refractivity contribution in [2.45, 2.75) is 25.3 Å². The van der Waals surface area contributed by atoms with E-state index in [4.69, 9.17) is 10.5 Å². The molecule has 3 nitrogen and oxygen atoms in total. The van der Waals surface area contributed by atoms with Gasteiger partial charge in [-0.15, -0.1) is 0 Å². The van der Waals surface area contributed by atoms with Crippen LogP contribution in [0.3, 0.4) is 0 Å². The summed E-state index contributed by atoms with van der Waals surface area (Å²) in [6.07, 6.45) is 2.67. The highest BCUT2D eigenvalue weighted by Gasteiger charge is 2.44. The molecule has 2 N–H and O–H groups in total. The molecule has 0 aliphatic heterocycles. The summed E-state index contributed by atoms with van der Waals surface area (Å²) in [5, 5.41) is 0. The number of thioether (sulfide) groups is 1. The zero-order valence-corrected chi connectivity index (χ0v) is 12.4. The van der Waals surface area contributed by atoms with Gasteiger partial charge in [-0.1, -0.05) is 12.1 Å². The van der Waals surface area contributed by atoms with Gasteiger partial charge in [0.15, 0.2) is 0 Å². The smallest absolute Gasteiger partial charge is 0.306 e. The van der Waals surface area contributed by atoms with Crippen LogP contribution < -0.4 is 5.73 Å². The third kappa shape index (κ3) is 4.21. The standard InChI is InChI=1S/C15H20FNO2S/c1-19-14(18)8-15(6-7-15)10-20-9-13(17)11-2-4-12(16)5-3-11/h2-5,13H,6-10,17H2,1H3. The van der Waals surface area contributed by atoms with E-state index >= 15 is 0 Å². The van der Waals surface area contributed by atoms with Gasteiger partial charge in [-0.25, -0.2) is 4.39 Å². The minimum Gasteiger partial charge on any atom is -0.469 e. The number of carbonyl (C=O) groups is 1. The number of hydrogen-bond donors (Lipinski definition) is 1. The highest BCUT2D eigenvalue weighted by atomic mass is 32.2. The minimum absolute atomic E-state index is 0.102. The van der Waals surface area contributed by atoms with Gasteiger partial charge < -0.3 is 10.5 Å². The lowest BCUT2D eigenvalue weighted by Crippen LogP contribution is -2.17. The molecule has 110 valence electrons. The zero-order valence-electron chi connectivity index (χ0n) is 11.6. The molecular formula is C15H20FNO2S. The monoisotopic (exact) mass is 297 g/mol. The molecule has 1 aromatic carbocycles. The summed E-state index contributed by atoms with van der Waals surface area (Å²) in [4.78, 5) is 11.3. The first-order valence-electron chi connectivity index (χ1n) is 6.70. The lowest BCUT2D eigenvalue weighted by atomic mass is 10.1. The fourth-order valence-corrected chi connectivity index (χ4v) is 3.52. The van der Waals surface area contributed by atoms with E-state index in [2.05, 4.69) is 0 Å². The van der Waals surface area contributed by atoms with E-state index in [1.165, 1.54) is 19.2 Å². The second-order valence-corrected chi connectivity index (χ2v) is 6.46. The summed E-state index contributed by atoms with van der Waals surface area (Å²) in [5.74, 6) is 1.32. The largest absolute Gasteiger partial charge is 0.469 e. The predicted octanol–water partition coefficient (Wildman–Crippen LogP) is 2.90. The summed E-state index contributed by atoms with van der Waals surface area (Å²) >= 11 is 1.76. The van der Waals surface area contributed by atoms with Crippen molar-refractivity contribution in [3.63, 3.8) is 0 Å². The van der Waals surface area contributed by atoms with Crippen molar-refractivity contribution in [2.24, 2.45) is 11.1 Å². The van der Waals surface area contributed by atoms with Gasteiger partial charge in [0, 0.05) is 11.8 Å². The summed E-state index contributed by atoms with van der Waals surface area (Å²) in [5.41, 5.74) is 7.15. The molecule has 0 bridgehead atoms. The molecule has 0 radical (unpaired) electrons. The van der Waals surface area contributed by atoms with Crippen molar-refractivity contribution in [1.82, 2.24) is 0 Å². The third-order valence-corrected chi connectivity index (χ3v) is 5.12. The van der Waals surface area contributed by atoms with E-state index in [1.54, 1.807) is 23.9 Å². The topological polar surface area (TPSA) is 52.3 Å². The highest BCUT2D eigenvalue weighted by molar-refractivity contribution is 7.99. The van der Waals surface area contributed by atoms with E-state index in [9.17, 15) is 9.18 Å². The van der Waals surface area contributed by atoms with E-state index in [-0.39, 0.29) is 23.2 Å². The van der Waals surface area contributed by atoms with E-state index < -0.39 is 0 Å². The van der Waals surface area contributed by atoms with Gasteiger partial charge in [-0.3, -0.25) is 4.79 Å². The molecule has 1 saturated carbocycles. The third-order valence-electron chi connectivity index (χ3n) is 3.71. The molecule has 1 atom stereocenters. The van der Waals surface area contributed by atoms with Gasteiger partial charge in [-0.2, -0.15) is 11.8 Å². The maximum Gasteiger partial charge on any atom is 0.306 e. The van der Waals surface area contributed by atoms with Crippen LogP contribution in [-0.2, 0) is 9.53 Å². The first-order valence-corrected chi connectivity index (χ1v) is 7.86. The Morgan fingerprint density at radius 2 is 2.10 bits per heavy atom. The van der Waals surface area contributed by atoms with Crippen molar-refractivity contribution in [1.29, 1.82) is 0 Å². The van der Waals surface area contributed by atoms with Crippen LogP contribution in [0.1, 0.15) is 30.9 Å². The molecule has 1 unspecified atom stereocenters. The van der Waals surface area contributed by atoms with Crippen molar-refractivity contribution in [3.8, 4) is 0 Å². The normalized spacial score (nSPS) is 17.6. The Hall–Kier alpha value is -1.07. The van der Waals surface area contributed by atoms with Crippen LogP contribution in [-0.4, -0.2) is 24.6 Å². The Bertz CT molecular complexity index is 459. The lowest BCUT2D eigenvalue weighted by Gasteiger charge is -2.16. The van der Waals surface area contributed by atoms with Gasteiger partial charge in [0.05, 0.1) is 13.5 Å². The molecule has 2 rings (SSSR count). The number of hydrogen-bond acceptors (Lipinski definition) is 4. The van der Waals surface area contributed by atoms with Crippen molar-refractivity contribution in [3.05, 3.63) is 35.6 Å². The van der Waals surface area contributed by atoms with Gasteiger partial charge in [0.1, 0.15) is 5.82 Å². The van der Waals surface area contributed by atoms with Crippen LogP contribution in [0.4, 0.5) is 4.39 Å². The van der Waals surface area contributed by atoms with Crippen LogP contribution >= 0.6 is 11.8 Å². The molecular weight excluding hydrogens is 277 g/mol. The SMILES string of the molecule is COC(=O)CC1(CSCC(N)c2ccc(F)cc2)CC1. The Labute approximate surface area is 123 Å². The van der Waals surface area contributed by atoms with Gasteiger partial charge in [0.25, 0.3) is 0 Å². The Morgan fingerprint density at radius 3 is 2.65 bits per heavy atom. The second-order valence-electron chi connectivity index (χ2n) is 5.43. The minimum atomic E-state index is -0.247. The molecule has 0 aromatic heterocycles. The number of nitrogens with two attached hydrogens (primary N) is 1. The molecule has 5 heteroatoms. The van der Waals surface area contributed by atoms with Crippen molar-refractivity contribution in [2.75, 3.05) is 18.6 Å². The Balaban J connectivity index is 1.75. The summed E-state index contributed by atoms with van der Waals surface area (Å²) in [6, 6.07) is 6.21. The summed E-state index contributed by atoms with van der Waals surface area (Å²) in [7, 11) is 1.43. The van der Waals surface area contributed by atoms with Gasteiger partial charge in [-0.05, 0) is 41.7 Å². The number of ether oxygens (including phenoxy) is 1. The number of halogens is 1. The molecule has 0 amide bonds. The fourth-order valence-electron chi connectivity index (χ4n) is 2.14. The van der Waals surface area contributed by atoms with Crippen LogP contribution in [0, 0.1) is 11.2 Å². The number of benzene rings is 1. The first kappa shape index (κ1) is 15.3. The molecule has 20 heavy (non-hydrogen) atoms. The maximum absolute atomic E-state index is 12.8. The maximum atomic E-state index is 12.8. The van der Waals surface area contributed by atoms with Crippen LogP contribution in [0.25, 0.3) is 0 Å². The molecule has 1 aromatic rings. The van der Waals surface area contributed by atoms with E-state index in [0.717, 1.165) is 29.9 Å². The van der Waals surface area contributed by atoms with E-state index in [0.29, 0.717) is 6.42 Å². The van der Waals surface area contributed by atoms with Crippen LogP contribution in [0.5, 0.6) is 0 Å². The number of carbonyl (C=O) groups excluding carboxylic acids is 1. The quantitative estimate of drug-likeness (QED) is 0.786. The summed E-state index contributed by atoms with van der Waals surface area (Å²) < 4.78 is 17.6. The molecule has 1 aliphatic rings. The predicted molar refractivity (Wildman–Crippen MR) is 79.0 cm³/mol. The zero-order chi connectivity index (χ0) is 14.6. The number of esters is 1. The van der Waals surface area contributed by atoms with Crippen LogP contribution in [0.2, 0.25) is 0 Å². The molecule has 1 aliphatic carbocycles. The van der Waals surface area contributed by atoms with Crippen molar-refractivity contribution < 1.29 is 13.9 Å². The first-order chi connectivity index (χ1) is 9.54.